The number of rotatable bonds is 4. The van der Waals surface area contributed by atoms with Gasteiger partial charge >= 0.3 is 0 Å². The highest BCUT2D eigenvalue weighted by Crippen LogP contribution is 2.26. The summed E-state index contributed by atoms with van der Waals surface area (Å²) in [5.41, 5.74) is 1.92. The summed E-state index contributed by atoms with van der Waals surface area (Å²) in [5.74, 6) is 1.14. The highest BCUT2D eigenvalue weighted by Gasteiger charge is 2.15. The Morgan fingerprint density at radius 2 is 1.84 bits per heavy atom. The highest BCUT2D eigenvalue weighted by atomic mass is 35.5. The molecular formula is C18H19Cl2NO3S. The largest absolute Gasteiger partial charge is 0.491 e. The van der Waals surface area contributed by atoms with Gasteiger partial charge in [0.25, 0.3) is 0 Å². The zero-order chi connectivity index (χ0) is 18.2. The lowest BCUT2D eigenvalue weighted by Crippen LogP contribution is -2.20. The van der Waals surface area contributed by atoms with Gasteiger partial charge in [0.15, 0.2) is 0 Å². The maximum absolute atomic E-state index is 11.2. The molecule has 0 fully saturated rings. The number of halogens is 2. The first-order valence-corrected chi connectivity index (χ1v) is 9.13. The van der Waals surface area contributed by atoms with E-state index in [1.54, 1.807) is 18.2 Å². The number of benzene rings is 2. The molecule has 0 aromatic heterocycles. The summed E-state index contributed by atoms with van der Waals surface area (Å²) in [6.07, 6.45) is 0.678. The number of hydrogen-bond donors (Lipinski definition) is 3. The van der Waals surface area contributed by atoms with E-state index in [-0.39, 0.29) is 12.5 Å². The first kappa shape index (κ1) is 19.9. The SMILES string of the molecule is Clc1ccccc1Cl.O=C1CCc2cc(OCC(O)CS)ccc2N1. The van der Waals surface area contributed by atoms with Crippen LogP contribution >= 0.6 is 35.8 Å². The lowest BCUT2D eigenvalue weighted by molar-refractivity contribution is -0.116. The molecule has 2 aromatic rings. The van der Waals surface area contributed by atoms with Crippen LogP contribution in [0.15, 0.2) is 42.5 Å². The van der Waals surface area contributed by atoms with Crippen LogP contribution in [-0.2, 0) is 11.2 Å². The van der Waals surface area contributed by atoms with Gasteiger partial charge in [0.05, 0.1) is 16.1 Å². The molecule has 3 rings (SSSR count). The van der Waals surface area contributed by atoms with E-state index >= 15 is 0 Å². The lowest BCUT2D eigenvalue weighted by Gasteiger charge is -2.18. The monoisotopic (exact) mass is 399 g/mol. The molecule has 2 N–H and O–H groups in total. The first-order valence-electron chi connectivity index (χ1n) is 7.74. The second-order valence-corrected chi connectivity index (χ2v) is 6.61. The van der Waals surface area contributed by atoms with Gasteiger partial charge in [-0.2, -0.15) is 12.6 Å². The number of hydrogen-bond acceptors (Lipinski definition) is 4. The van der Waals surface area contributed by atoms with Crippen molar-refractivity contribution in [2.45, 2.75) is 18.9 Å². The van der Waals surface area contributed by atoms with Gasteiger partial charge in [-0.05, 0) is 42.3 Å². The normalized spacial score (nSPS) is 13.8. The standard InChI is InChI=1S/C12H15NO3S.C6H4Cl2/c14-9(7-17)6-16-10-2-3-11-8(5-10)1-4-12(15)13-11;7-5-3-1-2-4-6(5)8/h2-3,5,9,14,17H,1,4,6-7H2,(H,13,15);1-4H. The molecular weight excluding hydrogens is 381 g/mol. The van der Waals surface area contributed by atoms with E-state index < -0.39 is 6.10 Å². The quantitative estimate of drug-likeness (QED) is 0.673. The number of anilines is 1. The number of nitrogens with one attached hydrogen (secondary N) is 1. The summed E-state index contributed by atoms with van der Waals surface area (Å²) in [7, 11) is 0. The number of aryl methyl sites for hydroxylation is 1. The fraction of sp³-hybridized carbons (Fsp3) is 0.278. The Bertz CT molecular complexity index is 706. The van der Waals surface area contributed by atoms with Crippen LogP contribution in [0, 0.1) is 0 Å². The minimum atomic E-state index is -0.561. The Balaban J connectivity index is 0.000000236. The Hall–Kier alpha value is -1.40. The molecule has 0 radical (unpaired) electrons. The van der Waals surface area contributed by atoms with Gasteiger partial charge in [0, 0.05) is 17.9 Å². The molecule has 1 atom stereocenters. The minimum Gasteiger partial charge on any atom is -0.491 e. The van der Waals surface area contributed by atoms with E-state index in [1.165, 1.54) is 0 Å². The summed E-state index contributed by atoms with van der Waals surface area (Å²) >= 11 is 15.1. The van der Waals surface area contributed by atoms with Crippen LogP contribution < -0.4 is 10.1 Å². The molecule has 0 bridgehead atoms. The van der Waals surface area contributed by atoms with Crippen molar-refractivity contribution < 1.29 is 14.6 Å². The lowest BCUT2D eigenvalue weighted by atomic mass is 10.0. The Labute approximate surface area is 162 Å². The molecule has 1 aliphatic heterocycles. The number of carbonyl (C=O) groups is 1. The number of fused-ring (bicyclic) bond motifs is 1. The van der Waals surface area contributed by atoms with Crippen LogP contribution in [0.2, 0.25) is 10.0 Å². The van der Waals surface area contributed by atoms with Crippen molar-refractivity contribution in [2.75, 3.05) is 17.7 Å². The molecule has 25 heavy (non-hydrogen) atoms. The van der Waals surface area contributed by atoms with Gasteiger partial charge in [0.2, 0.25) is 5.91 Å². The maximum atomic E-state index is 11.2. The van der Waals surface area contributed by atoms with E-state index in [9.17, 15) is 9.90 Å². The van der Waals surface area contributed by atoms with Gasteiger partial charge < -0.3 is 15.2 Å². The van der Waals surface area contributed by atoms with Gasteiger partial charge in [0.1, 0.15) is 12.4 Å². The average molecular weight is 400 g/mol. The molecule has 0 saturated heterocycles. The van der Waals surface area contributed by atoms with E-state index in [4.69, 9.17) is 27.9 Å². The molecule has 0 saturated carbocycles. The number of thiol groups is 1. The van der Waals surface area contributed by atoms with Crippen molar-refractivity contribution in [3.05, 3.63) is 58.1 Å². The fourth-order valence-electron chi connectivity index (χ4n) is 2.13. The first-order chi connectivity index (χ1) is 12.0. The molecule has 134 valence electrons. The summed E-state index contributed by atoms with van der Waals surface area (Å²) in [6.45, 7) is 0.231. The maximum Gasteiger partial charge on any atom is 0.224 e. The topological polar surface area (TPSA) is 58.6 Å². The second kappa shape index (κ2) is 9.92. The molecule has 2 aromatic carbocycles. The molecule has 1 heterocycles. The van der Waals surface area contributed by atoms with Crippen molar-refractivity contribution >= 4 is 47.4 Å². The van der Waals surface area contributed by atoms with Crippen LogP contribution in [-0.4, -0.2) is 29.5 Å². The van der Waals surface area contributed by atoms with E-state index in [2.05, 4.69) is 17.9 Å². The summed E-state index contributed by atoms with van der Waals surface area (Å²) in [5, 5.41) is 13.4. The molecule has 0 aliphatic carbocycles. The van der Waals surface area contributed by atoms with Crippen molar-refractivity contribution in [1.29, 1.82) is 0 Å². The van der Waals surface area contributed by atoms with Crippen molar-refractivity contribution in [2.24, 2.45) is 0 Å². The van der Waals surface area contributed by atoms with E-state index in [1.807, 2.05) is 24.3 Å². The van der Waals surface area contributed by atoms with E-state index in [0.29, 0.717) is 28.0 Å². The van der Waals surface area contributed by atoms with Crippen LogP contribution in [0.5, 0.6) is 5.75 Å². The van der Waals surface area contributed by atoms with Crippen LogP contribution in [0.3, 0.4) is 0 Å². The van der Waals surface area contributed by atoms with Gasteiger partial charge in [-0.15, -0.1) is 0 Å². The molecule has 1 unspecified atom stereocenters. The predicted octanol–water partition coefficient (Wildman–Crippen LogP) is 4.23. The Morgan fingerprint density at radius 3 is 2.44 bits per heavy atom. The third-order valence-corrected chi connectivity index (χ3v) is 4.63. The predicted molar refractivity (Wildman–Crippen MR) is 105 cm³/mol. The van der Waals surface area contributed by atoms with Crippen molar-refractivity contribution in [3.8, 4) is 5.75 Å². The molecule has 0 spiro atoms. The Kier molecular flexibility index (Phi) is 7.90. The van der Waals surface area contributed by atoms with Crippen molar-refractivity contribution in [3.63, 3.8) is 0 Å². The third kappa shape index (κ3) is 6.44. The van der Waals surface area contributed by atoms with Gasteiger partial charge in [-0.3, -0.25) is 4.79 Å². The molecule has 1 amide bonds. The number of ether oxygens (including phenoxy) is 1. The fourth-order valence-corrected chi connectivity index (χ4v) is 2.51. The summed E-state index contributed by atoms with van der Waals surface area (Å²) in [6, 6.07) is 12.7. The molecule has 1 aliphatic rings. The van der Waals surface area contributed by atoms with Crippen LogP contribution in [0.4, 0.5) is 5.69 Å². The summed E-state index contributed by atoms with van der Waals surface area (Å²) in [4.78, 5) is 11.2. The van der Waals surface area contributed by atoms with Crippen LogP contribution in [0.25, 0.3) is 0 Å². The van der Waals surface area contributed by atoms with Gasteiger partial charge in [-0.1, -0.05) is 35.3 Å². The zero-order valence-corrected chi connectivity index (χ0v) is 15.8. The number of carbonyl (C=O) groups excluding carboxylic acids is 1. The van der Waals surface area contributed by atoms with Crippen molar-refractivity contribution in [1.82, 2.24) is 0 Å². The third-order valence-electron chi connectivity index (χ3n) is 3.45. The molecule has 4 nitrogen and oxygen atoms in total. The number of amides is 1. The van der Waals surface area contributed by atoms with E-state index in [0.717, 1.165) is 17.7 Å². The van der Waals surface area contributed by atoms with Crippen LogP contribution in [0.1, 0.15) is 12.0 Å². The highest BCUT2D eigenvalue weighted by molar-refractivity contribution is 7.80. The Morgan fingerprint density at radius 1 is 1.16 bits per heavy atom. The zero-order valence-electron chi connectivity index (χ0n) is 13.4. The average Bonchev–Trinajstić information content (AvgIpc) is 2.62. The number of aliphatic hydroxyl groups is 1. The smallest absolute Gasteiger partial charge is 0.224 e. The minimum absolute atomic E-state index is 0.0525. The van der Waals surface area contributed by atoms with Gasteiger partial charge in [-0.25, -0.2) is 0 Å². The summed E-state index contributed by atoms with van der Waals surface area (Å²) < 4.78 is 5.44. The molecule has 7 heteroatoms. The second-order valence-electron chi connectivity index (χ2n) is 5.43. The number of aliphatic hydroxyl groups excluding tert-OH is 1.